The molecule has 0 aliphatic heterocycles. The molecule has 8 heteroatoms. The summed E-state index contributed by atoms with van der Waals surface area (Å²) in [5.41, 5.74) is 2.74. The molecule has 0 aliphatic rings. The predicted molar refractivity (Wildman–Crippen MR) is 108 cm³/mol. The van der Waals surface area contributed by atoms with E-state index in [-0.39, 0.29) is 5.91 Å². The number of amides is 1. The van der Waals surface area contributed by atoms with Gasteiger partial charge in [-0.2, -0.15) is 0 Å². The van der Waals surface area contributed by atoms with Gasteiger partial charge in [-0.1, -0.05) is 12.1 Å². The molecular formula is C21H22N6O2. The van der Waals surface area contributed by atoms with E-state index in [1.165, 1.54) is 0 Å². The second-order valence-corrected chi connectivity index (χ2v) is 6.64. The molecule has 0 radical (unpaired) electrons. The summed E-state index contributed by atoms with van der Waals surface area (Å²) in [6.07, 6.45) is 7.26. The highest BCUT2D eigenvalue weighted by atomic mass is 16.5. The van der Waals surface area contributed by atoms with Gasteiger partial charge in [0.1, 0.15) is 11.5 Å². The summed E-state index contributed by atoms with van der Waals surface area (Å²) >= 11 is 0. The number of hydrogen-bond donors (Lipinski definition) is 1. The average molecular weight is 390 g/mol. The molecule has 148 valence electrons. The maximum atomic E-state index is 12.8. The van der Waals surface area contributed by atoms with Gasteiger partial charge in [0, 0.05) is 45.0 Å². The fourth-order valence-electron chi connectivity index (χ4n) is 3.19. The van der Waals surface area contributed by atoms with Gasteiger partial charge < -0.3 is 14.6 Å². The van der Waals surface area contributed by atoms with Crippen molar-refractivity contribution in [1.29, 1.82) is 0 Å². The second kappa shape index (κ2) is 8.24. The van der Waals surface area contributed by atoms with Crippen molar-refractivity contribution >= 4 is 11.4 Å². The van der Waals surface area contributed by atoms with Gasteiger partial charge in [0.15, 0.2) is 11.5 Å². The minimum Gasteiger partial charge on any atom is -0.383 e. The number of imidazole rings is 2. The smallest absolute Gasteiger partial charge is 0.272 e. The van der Waals surface area contributed by atoms with Crippen molar-refractivity contribution in [1.82, 2.24) is 29.2 Å². The lowest BCUT2D eigenvalue weighted by atomic mass is 10.2. The highest BCUT2D eigenvalue weighted by molar-refractivity contribution is 5.99. The minimum absolute atomic E-state index is 0.237. The largest absolute Gasteiger partial charge is 0.383 e. The summed E-state index contributed by atoms with van der Waals surface area (Å²) in [6, 6.07) is 9.43. The number of ether oxygens (including phenoxy) is 1. The first-order valence-electron chi connectivity index (χ1n) is 9.34. The van der Waals surface area contributed by atoms with Crippen molar-refractivity contribution in [2.24, 2.45) is 0 Å². The summed E-state index contributed by atoms with van der Waals surface area (Å²) in [7, 11) is 1.67. The standard InChI is InChI=1S/C21H22N6O2/c1-15-24-17(14-26(15)10-11-29-2)20-25-19(18-7-3-4-9-27(18)20)21(28)23-13-16-6-5-8-22-12-16/h3-9,12,14H,10-11,13H2,1-2H3,(H,23,28). The van der Waals surface area contributed by atoms with E-state index in [0.29, 0.717) is 36.9 Å². The fourth-order valence-corrected chi connectivity index (χ4v) is 3.19. The number of methoxy groups -OCH3 is 1. The topological polar surface area (TPSA) is 86.3 Å². The van der Waals surface area contributed by atoms with Crippen molar-refractivity contribution in [2.45, 2.75) is 20.0 Å². The van der Waals surface area contributed by atoms with Crippen LogP contribution < -0.4 is 5.32 Å². The Hall–Kier alpha value is -3.52. The molecule has 4 aromatic rings. The van der Waals surface area contributed by atoms with E-state index in [0.717, 1.165) is 16.9 Å². The van der Waals surface area contributed by atoms with E-state index in [9.17, 15) is 4.79 Å². The van der Waals surface area contributed by atoms with E-state index in [1.807, 2.05) is 58.6 Å². The molecule has 29 heavy (non-hydrogen) atoms. The zero-order valence-electron chi connectivity index (χ0n) is 16.4. The second-order valence-electron chi connectivity index (χ2n) is 6.64. The van der Waals surface area contributed by atoms with Crippen LogP contribution in [0.15, 0.2) is 55.1 Å². The number of aromatic nitrogens is 5. The van der Waals surface area contributed by atoms with Gasteiger partial charge in [-0.25, -0.2) is 9.97 Å². The Balaban J connectivity index is 1.66. The molecule has 0 spiro atoms. The molecule has 4 aromatic heterocycles. The molecule has 0 bridgehead atoms. The molecule has 0 saturated heterocycles. The maximum Gasteiger partial charge on any atom is 0.272 e. The van der Waals surface area contributed by atoms with Crippen LogP contribution in [-0.4, -0.2) is 43.5 Å². The highest BCUT2D eigenvalue weighted by Gasteiger charge is 2.20. The monoisotopic (exact) mass is 390 g/mol. The van der Waals surface area contributed by atoms with Crippen molar-refractivity contribution in [3.63, 3.8) is 0 Å². The predicted octanol–water partition coefficient (Wildman–Crippen LogP) is 2.48. The molecule has 0 aromatic carbocycles. The van der Waals surface area contributed by atoms with Crippen LogP contribution in [0.1, 0.15) is 21.9 Å². The number of aryl methyl sites for hydroxylation is 1. The van der Waals surface area contributed by atoms with Gasteiger partial charge in [-0.05, 0) is 30.7 Å². The average Bonchev–Trinajstić information content (AvgIpc) is 3.32. The van der Waals surface area contributed by atoms with Gasteiger partial charge >= 0.3 is 0 Å². The first kappa shape index (κ1) is 18.8. The summed E-state index contributed by atoms with van der Waals surface area (Å²) in [5, 5.41) is 2.92. The van der Waals surface area contributed by atoms with Crippen molar-refractivity contribution < 1.29 is 9.53 Å². The molecule has 0 saturated carbocycles. The van der Waals surface area contributed by atoms with Gasteiger partial charge in [-0.15, -0.1) is 0 Å². The maximum absolute atomic E-state index is 12.8. The zero-order valence-corrected chi connectivity index (χ0v) is 16.4. The molecule has 1 amide bonds. The zero-order chi connectivity index (χ0) is 20.2. The number of hydrogen-bond acceptors (Lipinski definition) is 5. The van der Waals surface area contributed by atoms with E-state index in [1.54, 1.807) is 19.5 Å². The Bertz CT molecular complexity index is 1130. The molecule has 4 heterocycles. The molecule has 0 fully saturated rings. The number of carbonyl (C=O) groups is 1. The Morgan fingerprint density at radius 1 is 1.21 bits per heavy atom. The Kier molecular flexibility index (Phi) is 5.35. The minimum atomic E-state index is -0.237. The molecule has 4 rings (SSSR count). The number of pyridine rings is 2. The van der Waals surface area contributed by atoms with Crippen molar-refractivity contribution in [3.8, 4) is 11.5 Å². The van der Waals surface area contributed by atoms with Crippen LogP contribution in [0.25, 0.3) is 17.0 Å². The van der Waals surface area contributed by atoms with Crippen LogP contribution >= 0.6 is 0 Å². The van der Waals surface area contributed by atoms with Gasteiger partial charge in [-0.3, -0.25) is 14.2 Å². The van der Waals surface area contributed by atoms with Crippen LogP contribution in [0, 0.1) is 6.92 Å². The van der Waals surface area contributed by atoms with Crippen LogP contribution in [0.2, 0.25) is 0 Å². The Morgan fingerprint density at radius 2 is 2.10 bits per heavy atom. The van der Waals surface area contributed by atoms with Crippen LogP contribution in [0.3, 0.4) is 0 Å². The van der Waals surface area contributed by atoms with Crippen LogP contribution in [0.5, 0.6) is 0 Å². The van der Waals surface area contributed by atoms with Crippen LogP contribution in [-0.2, 0) is 17.8 Å². The summed E-state index contributed by atoms with van der Waals surface area (Å²) in [5.74, 6) is 1.26. The lowest BCUT2D eigenvalue weighted by Crippen LogP contribution is -2.23. The highest BCUT2D eigenvalue weighted by Crippen LogP contribution is 2.22. The number of carbonyl (C=O) groups excluding carboxylic acids is 1. The SMILES string of the molecule is COCCn1cc(-c2nc(C(=O)NCc3cccnc3)c3ccccn23)nc1C. The first-order chi connectivity index (χ1) is 14.2. The number of nitrogens with one attached hydrogen (secondary N) is 1. The third-order valence-corrected chi connectivity index (χ3v) is 4.68. The molecule has 8 nitrogen and oxygen atoms in total. The lowest BCUT2D eigenvalue weighted by molar-refractivity contribution is 0.0948. The Morgan fingerprint density at radius 3 is 2.90 bits per heavy atom. The fraction of sp³-hybridized carbons (Fsp3) is 0.238. The van der Waals surface area contributed by atoms with E-state index in [2.05, 4.69) is 20.3 Å². The van der Waals surface area contributed by atoms with Crippen molar-refractivity contribution in [2.75, 3.05) is 13.7 Å². The number of nitrogens with zero attached hydrogens (tertiary/aromatic N) is 5. The molecule has 0 aliphatic carbocycles. The summed E-state index contributed by atoms with van der Waals surface area (Å²) in [6.45, 7) is 3.63. The van der Waals surface area contributed by atoms with E-state index >= 15 is 0 Å². The van der Waals surface area contributed by atoms with Gasteiger partial charge in [0.05, 0.1) is 12.1 Å². The summed E-state index contributed by atoms with van der Waals surface area (Å²) < 4.78 is 9.07. The van der Waals surface area contributed by atoms with Gasteiger partial charge in [0.2, 0.25) is 0 Å². The molecule has 0 unspecified atom stereocenters. The summed E-state index contributed by atoms with van der Waals surface area (Å²) in [4.78, 5) is 26.2. The third kappa shape index (κ3) is 3.88. The molecule has 0 atom stereocenters. The lowest BCUT2D eigenvalue weighted by Gasteiger charge is -2.03. The van der Waals surface area contributed by atoms with Gasteiger partial charge in [0.25, 0.3) is 5.91 Å². The van der Waals surface area contributed by atoms with Crippen LogP contribution in [0.4, 0.5) is 0 Å². The number of fused-ring (bicyclic) bond motifs is 1. The normalized spacial score (nSPS) is 11.1. The van der Waals surface area contributed by atoms with E-state index < -0.39 is 0 Å². The first-order valence-corrected chi connectivity index (χ1v) is 9.34. The van der Waals surface area contributed by atoms with Crippen molar-refractivity contribution in [3.05, 3.63) is 72.2 Å². The molecular weight excluding hydrogens is 368 g/mol. The van der Waals surface area contributed by atoms with E-state index in [4.69, 9.17) is 4.74 Å². The Labute approximate surface area is 168 Å². The third-order valence-electron chi connectivity index (χ3n) is 4.68. The quantitative estimate of drug-likeness (QED) is 0.524. The molecule has 1 N–H and O–H groups in total. The number of rotatable bonds is 7.